The smallest absolute Gasteiger partial charge is 0.412 e. The van der Waals surface area contributed by atoms with Gasteiger partial charge in [0.2, 0.25) is 23.6 Å². The number of thioether (sulfide) groups is 1. The maximum Gasteiger partial charge on any atom is 0.412 e. The van der Waals surface area contributed by atoms with Gasteiger partial charge >= 0.3 is 24.2 Å². The standard InChI is InChI=1S/C62H84BrClN8O17S/c1-37-17-16-20-48(84-10)62(82)34-47(87-58(79)68-62)38(2)55-61(4,89-55)49(33-53(76)72(8)45-31-41(29-37)32-46(83-9)54(45)64)88-56(77)39(3)71(7)52(75)24-28-90-60(81)70(6)27-26-69(5)59(80)85-36-40-21-22-43(44(30-40)66-50(73)23-25-65-51(74)35-63)67-57(78)86-42-18-14-12-11-13-15-19-42/h14,16-18,20-22,30-32,38-39,42,47-49,55,82H,11-13,15,19,23-29,33-36H2,1-10H3,(H,65,74)(H,66,73)(H,67,78)(H,68,79)/b18-14+,20-16+,37-17+/t38-,39+,42?,47+,48-,49+,55+,61+,62+/m1/s1. The number of nitrogens with one attached hydrogen (secondary N) is 4. The molecule has 9 atom stereocenters. The summed E-state index contributed by atoms with van der Waals surface area (Å²) in [5, 5.41) is 22.3. The zero-order chi connectivity index (χ0) is 66.0. The number of epoxide rings is 1. The molecule has 1 unspecified atom stereocenters. The molecule has 1 aliphatic carbocycles. The molecule has 5 N–H and O–H groups in total. The lowest BCUT2D eigenvalue weighted by atomic mass is 9.83. The number of alkyl halides is 1. The molecule has 2 aromatic rings. The second-order valence-corrected chi connectivity index (χ2v) is 24.9. The fourth-order valence-electron chi connectivity index (χ4n) is 10.4. The quantitative estimate of drug-likeness (QED) is 0.0274. The monoisotopic (exact) mass is 1360 g/mol. The maximum absolute atomic E-state index is 14.4. The summed E-state index contributed by atoms with van der Waals surface area (Å²) >= 11 is 10.8. The van der Waals surface area contributed by atoms with Gasteiger partial charge in [0, 0.05) is 85.9 Å². The highest BCUT2D eigenvalue weighted by Gasteiger charge is 2.64. The minimum absolute atomic E-state index is 0.0344. The number of aliphatic hydroxyl groups is 1. The summed E-state index contributed by atoms with van der Waals surface area (Å²) in [4.78, 5) is 125. The van der Waals surface area contributed by atoms with Gasteiger partial charge in [-0.3, -0.25) is 34.6 Å². The van der Waals surface area contributed by atoms with Crippen molar-refractivity contribution >= 4 is 109 Å². The van der Waals surface area contributed by atoms with E-state index < -0.39 is 107 Å². The number of hydrogen-bond donors (Lipinski definition) is 5. The minimum atomic E-state index is -1.90. The van der Waals surface area contributed by atoms with Crippen LogP contribution in [-0.4, -0.2) is 194 Å². The van der Waals surface area contributed by atoms with E-state index in [1.807, 2.05) is 25.2 Å². The Balaban J connectivity index is 1.03. The molecule has 0 spiro atoms. The highest BCUT2D eigenvalue weighted by atomic mass is 79.9. The molecule has 2 aromatic carbocycles. The Kier molecular flexibility index (Phi) is 26.8. The lowest BCUT2D eigenvalue weighted by Crippen LogP contribution is -2.63. The lowest BCUT2D eigenvalue weighted by molar-refractivity contribution is -0.162. The molecule has 494 valence electrons. The van der Waals surface area contributed by atoms with Crippen molar-refractivity contribution in [2.24, 2.45) is 5.92 Å². The first-order valence-electron chi connectivity index (χ1n) is 29.7. The number of carbonyl (C=O) groups is 9. The molecular formula is C62H84BrClN8O17S. The molecule has 90 heavy (non-hydrogen) atoms. The van der Waals surface area contributed by atoms with Crippen molar-refractivity contribution in [2.45, 2.75) is 146 Å². The van der Waals surface area contributed by atoms with E-state index in [9.17, 15) is 48.3 Å². The zero-order valence-corrected chi connectivity index (χ0v) is 55.7. The third-order valence-corrected chi connectivity index (χ3v) is 18.0. The predicted octanol–water partition coefficient (Wildman–Crippen LogP) is 8.24. The van der Waals surface area contributed by atoms with E-state index in [0.717, 1.165) is 48.6 Å². The van der Waals surface area contributed by atoms with Crippen molar-refractivity contribution in [3.63, 3.8) is 0 Å². The van der Waals surface area contributed by atoms with Crippen molar-refractivity contribution in [1.29, 1.82) is 0 Å². The number of ether oxygens (including phenoxy) is 7. The van der Waals surface area contributed by atoms with Crippen LogP contribution < -0.4 is 30.9 Å². The van der Waals surface area contributed by atoms with Crippen LogP contribution in [0.3, 0.4) is 0 Å². The van der Waals surface area contributed by atoms with Gasteiger partial charge in [0.25, 0.3) is 5.24 Å². The Labute approximate surface area is 542 Å². The van der Waals surface area contributed by atoms with Crippen LogP contribution >= 0.6 is 39.3 Å². The van der Waals surface area contributed by atoms with Gasteiger partial charge in [-0.15, -0.1) is 0 Å². The number of allylic oxidation sites excluding steroid dienone is 4. The lowest BCUT2D eigenvalue weighted by Gasteiger charge is -2.42. The van der Waals surface area contributed by atoms with E-state index in [4.69, 9.17) is 44.8 Å². The fourth-order valence-corrected chi connectivity index (χ4v) is 11.7. The van der Waals surface area contributed by atoms with Crippen LogP contribution in [0, 0.1) is 5.92 Å². The summed E-state index contributed by atoms with van der Waals surface area (Å²) in [5.74, 6) is -2.88. The Hall–Kier alpha value is -6.91. The van der Waals surface area contributed by atoms with Crippen LogP contribution in [0.5, 0.6) is 5.75 Å². The van der Waals surface area contributed by atoms with E-state index in [1.165, 1.54) is 68.9 Å². The number of esters is 1. The first-order chi connectivity index (χ1) is 42.7. The van der Waals surface area contributed by atoms with E-state index in [-0.39, 0.29) is 78.9 Å². The summed E-state index contributed by atoms with van der Waals surface area (Å²) in [6.07, 6.45) is 6.56. The minimum Gasteiger partial charge on any atom is -0.495 e. The number of alkyl carbamates (subject to hydrolysis) is 1. The van der Waals surface area contributed by atoms with Crippen molar-refractivity contribution in [2.75, 3.05) is 88.7 Å². The van der Waals surface area contributed by atoms with E-state index >= 15 is 0 Å². The van der Waals surface area contributed by atoms with Crippen LogP contribution in [-0.2, 0) is 65.4 Å². The number of methoxy groups -OCH3 is 2. The van der Waals surface area contributed by atoms with Crippen molar-refractivity contribution in [1.82, 2.24) is 25.3 Å². The maximum atomic E-state index is 14.4. The van der Waals surface area contributed by atoms with Crippen LogP contribution in [0.4, 0.5) is 36.2 Å². The summed E-state index contributed by atoms with van der Waals surface area (Å²) in [5.41, 5.74) is -0.366. The van der Waals surface area contributed by atoms with Gasteiger partial charge < -0.3 is 68.5 Å². The number of likely N-dealkylation sites (N-methyl/N-ethyl adjacent to an activating group) is 3. The first kappa shape index (κ1) is 72.2. The number of benzene rings is 2. The number of nitrogens with zero attached hydrogens (tertiary/aromatic N) is 4. The Morgan fingerprint density at radius 2 is 1.71 bits per heavy atom. The molecule has 8 amide bonds. The van der Waals surface area contributed by atoms with Gasteiger partial charge in [0.05, 0.1) is 42.0 Å². The van der Waals surface area contributed by atoms with Crippen LogP contribution in [0.2, 0.25) is 5.02 Å². The molecule has 0 aromatic heterocycles. The van der Waals surface area contributed by atoms with Gasteiger partial charge in [-0.2, -0.15) is 0 Å². The molecule has 3 heterocycles. The van der Waals surface area contributed by atoms with Crippen LogP contribution in [0.1, 0.15) is 96.6 Å². The molecule has 3 aliphatic heterocycles. The number of hydrogen-bond acceptors (Lipinski definition) is 18. The number of halogens is 2. The molecule has 0 radical (unpaired) electrons. The normalized spacial score (nSPS) is 25.0. The Morgan fingerprint density at radius 3 is 2.43 bits per heavy atom. The second-order valence-electron chi connectivity index (χ2n) is 23.0. The van der Waals surface area contributed by atoms with Crippen LogP contribution in [0.15, 0.2) is 66.3 Å². The topological polar surface area (TPSA) is 303 Å². The SMILES string of the molecule is COc1cc2cc(c1Cl)N(C)C(=O)C[C@H](OC(=O)[C@H](C)N(C)C(=O)CCSC(=O)N(C)CCN(C)C(=O)OCc1ccc(NC(=O)OC3/C=C/CCCCC3)c(NC(=O)CCNC(=O)CBr)c1)[C@]1(C)O[C@H]1[C@H](C)[C@@H]1C[C@@](O)(NC(=O)O1)[C@H](OC)/C=C/C=C(\C)C2. The molecule has 0 saturated carbocycles. The molecule has 2 saturated heterocycles. The highest BCUT2D eigenvalue weighted by Crippen LogP contribution is 2.49. The number of rotatable bonds is 20. The summed E-state index contributed by atoms with van der Waals surface area (Å²) < 4.78 is 40.7. The third-order valence-electron chi connectivity index (χ3n) is 16.2. The zero-order valence-electron chi connectivity index (χ0n) is 52.6. The summed E-state index contributed by atoms with van der Waals surface area (Å²) in [6.45, 7) is 6.79. The predicted molar refractivity (Wildman–Crippen MR) is 341 cm³/mol. The Bertz CT molecular complexity index is 3050. The molecule has 6 rings (SSSR count). The number of fused-ring (bicyclic) bond motifs is 5. The average Bonchev–Trinajstić information content (AvgIpc) is 1.57. The number of amides is 8. The molecule has 28 heteroatoms. The third kappa shape index (κ3) is 20.0. The largest absolute Gasteiger partial charge is 0.495 e. The van der Waals surface area contributed by atoms with Crippen molar-refractivity contribution in [3.05, 3.63) is 82.4 Å². The first-order valence-corrected chi connectivity index (χ1v) is 32.2. The number of carbonyl (C=O) groups excluding carboxylic acids is 9. The van der Waals surface area contributed by atoms with Gasteiger partial charge in [0.15, 0.2) is 5.72 Å². The van der Waals surface area contributed by atoms with Gasteiger partial charge in [-0.05, 0) is 94.3 Å². The fraction of sp³-hybridized carbons (Fsp3) is 0.565. The van der Waals surface area contributed by atoms with Crippen LogP contribution in [0.25, 0.3) is 0 Å². The van der Waals surface area contributed by atoms with E-state index in [0.29, 0.717) is 29.8 Å². The highest BCUT2D eigenvalue weighted by molar-refractivity contribution is 9.09. The van der Waals surface area contributed by atoms with E-state index in [1.54, 1.807) is 56.3 Å². The van der Waals surface area contributed by atoms with E-state index in [2.05, 4.69) is 37.2 Å². The van der Waals surface area contributed by atoms with Crippen molar-refractivity contribution < 1.29 is 81.4 Å². The van der Waals surface area contributed by atoms with Gasteiger partial charge in [-0.25, -0.2) is 19.2 Å². The summed E-state index contributed by atoms with van der Waals surface area (Å²) in [6, 6.07) is 7.03. The van der Waals surface area contributed by atoms with Gasteiger partial charge in [-0.1, -0.05) is 88.6 Å². The number of anilines is 3. The molecule has 25 nitrogen and oxygen atoms in total. The second kappa shape index (κ2) is 33.4. The molecule has 4 bridgehead atoms. The molecule has 2 fully saturated rings. The molecule has 4 aliphatic rings. The molecular weight excluding hydrogens is 1280 g/mol. The summed E-state index contributed by atoms with van der Waals surface area (Å²) in [7, 11) is 8.84. The average molecular weight is 1360 g/mol. The van der Waals surface area contributed by atoms with Crippen molar-refractivity contribution in [3.8, 4) is 5.75 Å². The van der Waals surface area contributed by atoms with Gasteiger partial charge in [0.1, 0.15) is 53.4 Å². The Morgan fingerprint density at radius 1 is 0.967 bits per heavy atom.